The minimum Gasteiger partial charge on any atom is -0.396 e. The Labute approximate surface area is 92.3 Å². The van der Waals surface area contributed by atoms with Gasteiger partial charge in [0.25, 0.3) is 0 Å². The molecule has 0 radical (unpaired) electrons. The molecule has 15 heavy (non-hydrogen) atoms. The molecule has 1 rings (SSSR count). The molecule has 0 spiro atoms. The molecule has 0 heterocycles. The smallest absolute Gasteiger partial charge is 0.0431 e. The van der Waals surface area contributed by atoms with Crippen LogP contribution in [-0.2, 0) is 0 Å². The van der Waals surface area contributed by atoms with Gasteiger partial charge in [0.15, 0.2) is 0 Å². The van der Waals surface area contributed by atoms with Crippen LogP contribution in [0.1, 0.15) is 30.4 Å². The summed E-state index contributed by atoms with van der Waals surface area (Å²) in [5, 5.41) is 12.0. The molecule has 0 unspecified atom stereocenters. The Hall–Kier alpha value is -1.02. The summed E-state index contributed by atoms with van der Waals surface area (Å²) < 4.78 is 0. The highest BCUT2D eigenvalue weighted by molar-refractivity contribution is 5.47. The van der Waals surface area contributed by atoms with Crippen molar-refractivity contribution < 1.29 is 5.11 Å². The van der Waals surface area contributed by atoms with Crippen LogP contribution >= 0.6 is 0 Å². The van der Waals surface area contributed by atoms with E-state index in [-0.39, 0.29) is 0 Å². The van der Waals surface area contributed by atoms with Gasteiger partial charge in [0.2, 0.25) is 0 Å². The van der Waals surface area contributed by atoms with E-state index in [9.17, 15) is 0 Å². The lowest BCUT2D eigenvalue weighted by Crippen LogP contribution is -2.02. The Balaban J connectivity index is 2.28. The highest BCUT2D eigenvalue weighted by atomic mass is 16.2. The van der Waals surface area contributed by atoms with E-state index in [1.165, 1.54) is 16.8 Å². The van der Waals surface area contributed by atoms with Gasteiger partial charge in [-0.1, -0.05) is 6.07 Å². The summed E-state index contributed by atoms with van der Waals surface area (Å²) in [4.78, 5) is 0. The van der Waals surface area contributed by atoms with Gasteiger partial charge >= 0.3 is 0 Å². The van der Waals surface area contributed by atoms with Crippen molar-refractivity contribution in [1.82, 2.24) is 0 Å². The zero-order chi connectivity index (χ0) is 11.1. The maximum atomic E-state index is 8.63. The van der Waals surface area contributed by atoms with Gasteiger partial charge in [-0.05, 0) is 56.4 Å². The Morgan fingerprint density at radius 2 is 1.87 bits per heavy atom. The van der Waals surface area contributed by atoms with Crippen molar-refractivity contribution in [1.29, 1.82) is 0 Å². The van der Waals surface area contributed by atoms with Crippen LogP contribution in [0.25, 0.3) is 0 Å². The summed E-state index contributed by atoms with van der Waals surface area (Å²) in [6.07, 6.45) is 3.12. The standard InChI is InChI=1S/C13H21NO/c1-11-6-7-13(10-12(11)2)14-8-4-3-5-9-15/h6-7,10,14-15H,3-5,8-9H2,1-2H3. The second-order valence-electron chi connectivity index (χ2n) is 4.01. The Morgan fingerprint density at radius 3 is 2.53 bits per heavy atom. The highest BCUT2D eigenvalue weighted by Gasteiger charge is 1.95. The van der Waals surface area contributed by atoms with Gasteiger partial charge in [-0.3, -0.25) is 0 Å². The number of aliphatic hydroxyl groups excluding tert-OH is 1. The molecule has 84 valence electrons. The Kier molecular flexibility index (Phi) is 5.19. The van der Waals surface area contributed by atoms with E-state index in [1.807, 2.05) is 0 Å². The molecule has 0 saturated carbocycles. The summed E-state index contributed by atoms with van der Waals surface area (Å²) in [5.74, 6) is 0. The lowest BCUT2D eigenvalue weighted by Gasteiger charge is -2.08. The molecule has 1 aromatic rings. The molecule has 0 aliphatic carbocycles. The van der Waals surface area contributed by atoms with Crippen LogP contribution in [0.2, 0.25) is 0 Å². The number of rotatable bonds is 6. The van der Waals surface area contributed by atoms with Crippen LogP contribution in [0.4, 0.5) is 5.69 Å². The average Bonchev–Trinajstić information content (AvgIpc) is 2.23. The fraction of sp³-hybridized carbons (Fsp3) is 0.538. The number of hydrogen-bond acceptors (Lipinski definition) is 2. The molecule has 0 bridgehead atoms. The fourth-order valence-electron chi connectivity index (χ4n) is 1.50. The molecule has 0 aliphatic rings. The number of aliphatic hydroxyl groups is 1. The Morgan fingerprint density at radius 1 is 1.07 bits per heavy atom. The molecule has 1 aromatic carbocycles. The second-order valence-corrected chi connectivity index (χ2v) is 4.01. The van der Waals surface area contributed by atoms with Gasteiger partial charge in [0.1, 0.15) is 0 Å². The average molecular weight is 207 g/mol. The van der Waals surface area contributed by atoms with E-state index in [4.69, 9.17) is 5.11 Å². The van der Waals surface area contributed by atoms with Crippen molar-refractivity contribution >= 4 is 5.69 Å². The first kappa shape index (κ1) is 12.1. The predicted molar refractivity (Wildman–Crippen MR) is 65.3 cm³/mol. The first-order valence-corrected chi connectivity index (χ1v) is 5.66. The minimum atomic E-state index is 0.309. The van der Waals surface area contributed by atoms with Gasteiger partial charge in [0, 0.05) is 18.8 Å². The van der Waals surface area contributed by atoms with Crippen LogP contribution in [0.3, 0.4) is 0 Å². The second kappa shape index (κ2) is 6.46. The fourth-order valence-corrected chi connectivity index (χ4v) is 1.50. The molecule has 0 aromatic heterocycles. The monoisotopic (exact) mass is 207 g/mol. The van der Waals surface area contributed by atoms with Gasteiger partial charge in [-0.2, -0.15) is 0 Å². The summed E-state index contributed by atoms with van der Waals surface area (Å²) >= 11 is 0. The quantitative estimate of drug-likeness (QED) is 0.703. The molecule has 2 nitrogen and oxygen atoms in total. The van der Waals surface area contributed by atoms with E-state index < -0.39 is 0 Å². The first-order chi connectivity index (χ1) is 7.24. The van der Waals surface area contributed by atoms with Crippen molar-refractivity contribution in [3.63, 3.8) is 0 Å². The van der Waals surface area contributed by atoms with Gasteiger partial charge in [-0.15, -0.1) is 0 Å². The first-order valence-electron chi connectivity index (χ1n) is 5.66. The third kappa shape index (κ3) is 4.34. The van der Waals surface area contributed by atoms with Crippen LogP contribution in [0.5, 0.6) is 0 Å². The van der Waals surface area contributed by atoms with E-state index in [2.05, 4.69) is 37.4 Å². The van der Waals surface area contributed by atoms with E-state index in [0.717, 1.165) is 25.8 Å². The van der Waals surface area contributed by atoms with Crippen molar-refractivity contribution in [3.8, 4) is 0 Å². The molecule has 2 heteroatoms. The lowest BCUT2D eigenvalue weighted by atomic mass is 10.1. The van der Waals surface area contributed by atoms with Crippen molar-refractivity contribution in [2.45, 2.75) is 33.1 Å². The van der Waals surface area contributed by atoms with Crippen molar-refractivity contribution in [3.05, 3.63) is 29.3 Å². The third-order valence-corrected chi connectivity index (χ3v) is 2.67. The highest BCUT2D eigenvalue weighted by Crippen LogP contribution is 2.14. The number of aryl methyl sites for hydroxylation is 2. The number of nitrogens with one attached hydrogen (secondary N) is 1. The van der Waals surface area contributed by atoms with Gasteiger partial charge in [0.05, 0.1) is 0 Å². The SMILES string of the molecule is Cc1ccc(NCCCCCO)cc1C. The summed E-state index contributed by atoms with van der Waals surface area (Å²) in [7, 11) is 0. The van der Waals surface area contributed by atoms with Crippen LogP contribution in [-0.4, -0.2) is 18.3 Å². The molecular weight excluding hydrogens is 186 g/mol. The molecule has 2 N–H and O–H groups in total. The topological polar surface area (TPSA) is 32.3 Å². The largest absolute Gasteiger partial charge is 0.396 e. The molecule has 0 aliphatic heterocycles. The lowest BCUT2D eigenvalue weighted by molar-refractivity contribution is 0.283. The molecule has 0 amide bonds. The zero-order valence-electron chi connectivity index (χ0n) is 9.71. The number of unbranched alkanes of at least 4 members (excludes halogenated alkanes) is 2. The maximum absolute atomic E-state index is 8.63. The van der Waals surface area contributed by atoms with E-state index in [1.54, 1.807) is 0 Å². The molecular formula is C13H21NO. The molecule has 0 atom stereocenters. The normalized spacial score (nSPS) is 10.3. The number of hydrogen-bond donors (Lipinski definition) is 2. The maximum Gasteiger partial charge on any atom is 0.0431 e. The minimum absolute atomic E-state index is 0.309. The van der Waals surface area contributed by atoms with Gasteiger partial charge in [-0.25, -0.2) is 0 Å². The van der Waals surface area contributed by atoms with Crippen LogP contribution in [0.15, 0.2) is 18.2 Å². The van der Waals surface area contributed by atoms with Crippen LogP contribution in [0, 0.1) is 13.8 Å². The van der Waals surface area contributed by atoms with Crippen molar-refractivity contribution in [2.24, 2.45) is 0 Å². The summed E-state index contributed by atoms with van der Waals surface area (Å²) in [6.45, 7) is 5.55. The summed E-state index contributed by atoms with van der Waals surface area (Å²) in [6, 6.07) is 6.45. The third-order valence-electron chi connectivity index (χ3n) is 2.67. The van der Waals surface area contributed by atoms with Crippen molar-refractivity contribution in [2.75, 3.05) is 18.5 Å². The predicted octanol–water partition coefficient (Wildman–Crippen LogP) is 2.88. The van der Waals surface area contributed by atoms with Crippen LogP contribution < -0.4 is 5.32 Å². The molecule has 0 saturated heterocycles. The van der Waals surface area contributed by atoms with Gasteiger partial charge < -0.3 is 10.4 Å². The Bertz CT molecular complexity index is 297. The summed E-state index contributed by atoms with van der Waals surface area (Å²) in [5.41, 5.74) is 3.86. The number of anilines is 1. The molecule has 0 fully saturated rings. The van der Waals surface area contributed by atoms with E-state index in [0.29, 0.717) is 6.61 Å². The zero-order valence-corrected chi connectivity index (χ0v) is 9.71. The van der Waals surface area contributed by atoms with E-state index >= 15 is 0 Å². The number of benzene rings is 1.